The lowest BCUT2D eigenvalue weighted by Crippen LogP contribution is -2.48. The molecular weight excluding hydrogens is 496 g/mol. The van der Waals surface area contributed by atoms with Crippen molar-refractivity contribution in [2.75, 3.05) is 13.3 Å². The van der Waals surface area contributed by atoms with Gasteiger partial charge in [-0.3, -0.25) is 9.59 Å². The lowest BCUT2D eigenvalue weighted by molar-refractivity contribution is -0.143. The summed E-state index contributed by atoms with van der Waals surface area (Å²) in [6, 6.07) is 18.2. The van der Waals surface area contributed by atoms with E-state index in [4.69, 9.17) is 9.47 Å². The molecule has 0 radical (unpaired) electrons. The maximum Gasteiger partial charge on any atom is 0.242 e. The smallest absolute Gasteiger partial charge is 0.242 e. The third-order valence-electron chi connectivity index (χ3n) is 7.58. The third-order valence-corrected chi connectivity index (χ3v) is 8.59. The van der Waals surface area contributed by atoms with E-state index in [0.29, 0.717) is 31.7 Å². The van der Waals surface area contributed by atoms with Crippen LogP contribution in [0, 0.1) is 6.92 Å². The van der Waals surface area contributed by atoms with Gasteiger partial charge in [-0.2, -0.15) is 0 Å². The molecule has 0 unspecified atom stereocenters. The Labute approximate surface area is 229 Å². The summed E-state index contributed by atoms with van der Waals surface area (Å²) >= 11 is 1.67. The summed E-state index contributed by atoms with van der Waals surface area (Å²) in [6.45, 7) is 3.39. The van der Waals surface area contributed by atoms with E-state index < -0.39 is 0 Å². The van der Waals surface area contributed by atoms with Crippen molar-refractivity contribution in [1.82, 2.24) is 9.80 Å². The SMILES string of the molecule is Cc1ccsc1CN(Cc1ccc2c(c1)OCO2)C(=O)CN(C(=O)CCc1ccccc1)C1CCCCC1. The van der Waals surface area contributed by atoms with E-state index in [-0.39, 0.29) is 31.2 Å². The Morgan fingerprint density at radius 3 is 2.45 bits per heavy atom. The Morgan fingerprint density at radius 2 is 1.68 bits per heavy atom. The predicted octanol–water partition coefficient (Wildman–Crippen LogP) is 6.11. The first-order chi connectivity index (χ1) is 18.6. The number of carbonyl (C=O) groups is 2. The van der Waals surface area contributed by atoms with Crippen molar-refractivity contribution in [2.45, 2.75) is 71.0 Å². The Balaban J connectivity index is 1.34. The molecule has 3 aromatic rings. The molecule has 7 heteroatoms. The van der Waals surface area contributed by atoms with Crippen LogP contribution in [0.4, 0.5) is 0 Å². The van der Waals surface area contributed by atoms with Crippen LogP contribution in [0.3, 0.4) is 0 Å². The highest BCUT2D eigenvalue weighted by Gasteiger charge is 2.29. The molecule has 2 heterocycles. The van der Waals surface area contributed by atoms with Gasteiger partial charge in [0.2, 0.25) is 18.6 Å². The quantitative estimate of drug-likeness (QED) is 0.316. The number of thiophene rings is 1. The summed E-state index contributed by atoms with van der Waals surface area (Å²) in [4.78, 5) is 32.4. The van der Waals surface area contributed by atoms with Crippen LogP contribution >= 0.6 is 11.3 Å². The Morgan fingerprint density at radius 1 is 0.895 bits per heavy atom. The Bertz CT molecular complexity index is 1240. The van der Waals surface area contributed by atoms with Gasteiger partial charge >= 0.3 is 0 Å². The van der Waals surface area contributed by atoms with Crippen LogP contribution in [0.5, 0.6) is 11.5 Å². The monoisotopic (exact) mass is 532 g/mol. The number of aryl methyl sites for hydroxylation is 2. The fraction of sp³-hybridized carbons (Fsp3) is 0.419. The molecule has 2 amide bonds. The van der Waals surface area contributed by atoms with E-state index in [1.54, 1.807) is 11.3 Å². The van der Waals surface area contributed by atoms with Gasteiger partial charge in [-0.1, -0.05) is 55.7 Å². The molecule has 2 aliphatic rings. The van der Waals surface area contributed by atoms with Crippen molar-refractivity contribution in [3.05, 3.63) is 81.5 Å². The fourth-order valence-corrected chi connectivity index (χ4v) is 6.25. The van der Waals surface area contributed by atoms with Crippen molar-refractivity contribution in [2.24, 2.45) is 0 Å². The van der Waals surface area contributed by atoms with Crippen molar-refractivity contribution >= 4 is 23.2 Å². The highest BCUT2D eigenvalue weighted by molar-refractivity contribution is 7.10. The largest absolute Gasteiger partial charge is 0.454 e. The second-order valence-electron chi connectivity index (χ2n) is 10.3. The molecule has 38 heavy (non-hydrogen) atoms. The Kier molecular flexibility index (Phi) is 8.64. The summed E-state index contributed by atoms with van der Waals surface area (Å²) in [5.41, 5.74) is 3.31. The minimum atomic E-state index is -0.0194. The van der Waals surface area contributed by atoms with Crippen LogP contribution in [0.1, 0.15) is 60.1 Å². The first-order valence-electron chi connectivity index (χ1n) is 13.6. The molecule has 1 aromatic heterocycles. The molecule has 0 atom stereocenters. The molecule has 0 bridgehead atoms. The third kappa shape index (κ3) is 6.57. The van der Waals surface area contributed by atoms with Gasteiger partial charge in [0.05, 0.1) is 6.54 Å². The number of nitrogens with zero attached hydrogens (tertiary/aromatic N) is 2. The van der Waals surface area contributed by atoms with Crippen LogP contribution in [0.25, 0.3) is 0 Å². The summed E-state index contributed by atoms with van der Waals surface area (Å²) in [5, 5.41) is 2.06. The molecule has 0 saturated heterocycles. The molecule has 200 valence electrons. The van der Waals surface area contributed by atoms with Gasteiger partial charge in [-0.25, -0.2) is 0 Å². The lowest BCUT2D eigenvalue weighted by Gasteiger charge is -2.35. The fourth-order valence-electron chi connectivity index (χ4n) is 5.33. The van der Waals surface area contributed by atoms with Crippen LogP contribution in [0.2, 0.25) is 0 Å². The molecule has 6 nitrogen and oxygen atoms in total. The zero-order chi connectivity index (χ0) is 26.3. The summed E-state index contributed by atoms with van der Waals surface area (Å²) in [7, 11) is 0. The molecule has 1 aliphatic heterocycles. The molecule has 2 aromatic carbocycles. The number of ether oxygens (including phenoxy) is 2. The van der Waals surface area contributed by atoms with Gasteiger partial charge in [0.1, 0.15) is 6.54 Å². The van der Waals surface area contributed by atoms with E-state index in [1.807, 2.05) is 46.2 Å². The van der Waals surface area contributed by atoms with Crippen LogP contribution in [-0.4, -0.2) is 41.0 Å². The topological polar surface area (TPSA) is 59.1 Å². The highest BCUT2D eigenvalue weighted by Crippen LogP contribution is 2.33. The van der Waals surface area contributed by atoms with Crippen LogP contribution < -0.4 is 9.47 Å². The summed E-state index contributed by atoms with van der Waals surface area (Å²) in [5.74, 6) is 1.49. The van der Waals surface area contributed by atoms with Gasteiger partial charge in [-0.05, 0) is 66.5 Å². The molecule has 1 aliphatic carbocycles. The molecule has 5 rings (SSSR count). The van der Waals surface area contributed by atoms with Crippen LogP contribution in [0.15, 0.2) is 60.0 Å². The zero-order valence-electron chi connectivity index (χ0n) is 22.1. The van der Waals surface area contributed by atoms with Gasteiger partial charge in [0, 0.05) is 23.9 Å². The van der Waals surface area contributed by atoms with E-state index >= 15 is 0 Å². The number of carbonyl (C=O) groups excluding carboxylic acids is 2. The molecule has 1 fully saturated rings. The Hall–Kier alpha value is -3.32. The van der Waals surface area contributed by atoms with Crippen molar-refractivity contribution in [1.29, 1.82) is 0 Å². The minimum Gasteiger partial charge on any atom is -0.454 e. The number of benzene rings is 2. The average Bonchev–Trinajstić information content (AvgIpc) is 3.59. The van der Waals surface area contributed by atoms with Crippen molar-refractivity contribution < 1.29 is 19.1 Å². The molecular formula is C31H36N2O4S. The van der Waals surface area contributed by atoms with Gasteiger partial charge in [0.15, 0.2) is 11.5 Å². The second-order valence-corrected chi connectivity index (χ2v) is 11.3. The van der Waals surface area contributed by atoms with E-state index in [2.05, 4.69) is 30.5 Å². The molecule has 0 spiro atoms. The standard InChI is InChI=1S/C31H36N2O4S/c1-23-16-17-38-29(23)20-32(19-25-12-14-27-28(18-25)37-22-36-27)31(35)21-33(26-10-6-3-7-11-26)30(34)15-13-24-8-4-2-5-9-24/h2,4-5,8-9,12,14,16-18,26H,3,6-7,10-11,13,15,19-22H2,1H3. The number of fused-ring (bicyclic) bond motifs is 1. The average molecular weight is 533 g/mol. The van der Waals surface area contributed by atoms with Crippen molar-refractivity contribution in [3.63, 3.8) is 0 Å². The highest BCUT2D eigenvalue weighted by atomic mass is 32.1. The lowest BCUT2D eigenvalue weighted by atomic mass is 9.93. The van der Waals surface area contributed by atoms with Gasteiger partial charge in [-0.15, -0.1) is 11.3 Å². The normalized spacial score (nSPS) is 14.9. The van der Waals surface area contributed by atoms with Gasteiger partial charge in [0.25, 0.3) is 0 Å². The maximum atomic E-state index is 13.9. The first-order valence-corrected chi connectivity index (χ1v) is 14.5. The van der Waals surface area contributed by atoms with E-state index in [9.17, 15) is 9.59 Å². The minimum absolute atomic E-state index is 0.0194. The molecule has 0 N–H and O–H groups in total. The maximum absolute atomic E-state index is 13.9. The number of rotatable bonds is 10. The van der Waals surface area contributed by atoms with Crippen LogP contribution in [-0.2, 0) is 29.1 Å². The van der Waals surface area contributed by atoms with Crippen molar-refractivity contribution in [3.8, 4) is 11.5 Å². The molecule has 1 saturated carbocycles. The summed E-state index contributed by atoms with van der Waals surface area (Å²) < 4.78 is 11.0. The predicted molar refractivity (Wildman–Crippen MR) is 149 cm³/mol. The second kappa shape index (κ2) is 12.5. The number of amides is 2. The van der Waals surface area contributed by atoms with Gasteiger partial charge < -0.3 is 19.3 Å². The first kappa shape index (κ1) is 26.3. The van der Waals surface area contributed by atoms with E-state index in [0.717, 1.165) is 42.6 Å². The van der Waals surface area contributed by atoms with E-state index in [1.165, 1.54) is 16.9 Å². The summed E-state index contributed by atoms with van der Waals surface area (Å²) in [6.07, 6.45) is 6.46. The zero-order valence-corrected chi connectivity index (χ0v) is 22.9. The number of hydrogen-bond acceptors (Lipinski definition) is 5. The number of hydrogen-bond donors (Lipinski definition) is 0.